The highest BCUT2D eigenvalue weighted by Crippen LogP contribution is 2.24. The number of rotatable bonds is 7. The Morgan fingerprint density at radius 2 is 1.75 bits per heavy atom. The Hall–Kier alpha value is -1.81. The number of nitrogens with one attached hydrogen (secondary N) is 1. The number of sulfonamides is 1. The molecule has 0 aromatic heterocycles. The maximum atomic E-state index is 12.3. The Labute approximate surface area is 138 Å². The highest BCUT2D eigenvalue weighted by molar-refractivity contribution is 7.89. The van der Waals surface area contributed by atoms with Crippen LogP contribution < -0.4 is 9.46 Å². The SMILES string of the molecule is CCOC(=O)[C@@H](NS(=O)(=O)c1ccc(OC(F)(F)F)cc1)C(C)C. The molecule has 6 nitrogen and oxygen atoms in total. The Bertz CT molecular complexity index is 656. The summed E-state index contributed by atoms with van der Waals surface area (Å²) in [6, 6.07) is 2.53. The minimum absolute atomic E-state index is 0.0905. The summed E-state index contributed by atoms with van der Waals surface area (Å²) in [6.45, 7) is 4.94. The van der Waals surface area contributed by atoms with Crippen LogP contribution in [0.1, 0.15) is 20.8 Å². The van der Waals surface area contributed by atoms with Crippen LogP contribution in [0, 0.1) is 5.92 Å². The van der Waals surface area contributed by atoms with Crippen molar-refractivity contribution in [2.24, 2.45) is 5.92 Å². The van der Waals surface area contributed by atoms with E-state index in [0.717, 1.165) is 24.3 Å². The van der Waals surface area contributed by atoms with Gasteiger partial charge in [0.15, 0.2) is 0 Å². The monoisotopic (exact) mass is 369 g/mol. The number of benzene rings is 1. The van der Waals surface area contributed by atoms with Crippen molar-refractivity contribution in [3.05, 3.63) is 24.3 Å². The molecule has 1 aromatic carbocycles. The fourth-order valence-electron chi connectivity index (χ4n) is 1.74. The molecule has 0 radical (unpaired) electrons. The molecule has 0 aliphatic rings. The van der Waals surface area contributed by atoms with Crippen molar-refractivity contribution in [3.63, 3.8) is 0 Å². The molecular formula is C14H18F3NO5S. The van der Waals surface area contributed by atoms with Crippen LogP contribution in [0.25, 0.3) is 0 Å². The molecule has 0 amide bonds. The maximum absolute atomic E-state index is 12.3. The lowest BCUT2D eigenvalue weighted by Gasteiger charge is -2.20. The zero-order valence-electron chi connectivity index (χ0n) is 13.3. The first-order valence-electron chi connectivity index (χ1n) is 7.01. The van der Waals surface area contributed by atoms with Crippen molar-refractivity contribution >= 4 is 16.0 Å². The van der Waals surface area contributed by atoms with Gasteiger partial charge in [-0.2, -0.15) is 4.72 Å². The summed E-state index contributed by atoms with van der Waals surface area (Å²) in [7, 11) is -4.12. The van der Waals surface area contributed by atoms with E-state index in [0.29, 0.717) is 0 Å². The maximum Gasteiger partial charge on any atom is 0.573 e. The molecule has 0 aliphatic carbocycles. The van der Waals surface area contributed by atoms with Gasteiger partial charge in [0.25, 0.3) is 0 Å². The zero-order valence-corrected chi connectivity index (χ0v) is 14.1. The highest BCUT2D eigenvalue weighted by Gasteiger charge is 2.32. The topological polar surface area (TPSA) is 81.7 Å². The van der Waals surface area contributed by atoms with Crippen LogP contribution in [0.3, 0.4) is 0 Å². The van der Waals surface area contributed by atoms with Crippen LogP contribution in [0.4, 0.5) is 13.2 Å². The molecule has 1 N–H and O–H groups in total. The van der Waals surface area contributed by atoms with E-state index in [1.165, 1.54) is 0 Å². The van der Waals surface area contributed by atoms with Gasteiger partial charge in [0.2, 0.25) is 10.0 Å². The van der Waals surface area contributed by atoms with Gasteiger partial charge < -0.3 is 9.47 Å². The van der Waals surface area contributed by atoms with Crippen molar-refractivity contribution in [2.45, 2.75) is 38.1 Å². The molecule has 0 saturated carbocycles. The molecule has 0 saturated heterocycles. The molecule has 136 valence electrons. The predicted molar refractivity (Wildman–Crippen MR) is 78.7 cm³/mol. The van der Waals surface area contributed by atoms with Crippen LogP contribution in [0.15, 0.2) is 29.2 Å². The zero-order chi connectivity index (χ0) is 18.5. The molecule has 10 heteroatoms. The van der Waals surface area contributed by atoms with Crippen molar-refractivity contribution in [3.8, 4) is 5.75 Å². The van der Waals surface area contributed by atoms with Crippen molar-refractivity contribution in [2.75, 3.05) is 6.61 Å². The fourth-order valence-corrected chi connectivity index (χ4v) is 3.08. The van der Waals surface area contributed by atoms with E-state index in [9.17, 15) is 26.4 Å². The van der Waals surface area contributed by atoms with E-state index in [1.54, 1.807) is 20.8 Å². The number of hydrogen-bond acceptors (Lipinski definition) is 5. The molecule has 1 rings (SSSR count). The van der Waals surface area contributed by atoms with E-state index >= 15 is 0 Å². The standard InChI is InChI=1S/C14H18F3NO5S/c1-4-22-13(19)12(9(2)3)18-24(20,21)11-7-5-10(6-8-11)23-14(15,16)17/h5-9,12,18H,4H2,1-3H3/t12-/m0/s1. The lowest BCUT2D eigenvalue weighted by molar-refractivity contribution is -0.274. The van der Waals surface area contributed by atoms with Crippen LogP contribution in [-0.2, 0) is 19.6 Å². The molecule has 0 fully saturated rings. The van der Waals surface area contributed by atoms with Crippen LogP contribution in [0.5, 0.6) is 5.75 Å². The summed E-state index contributed by atoms with van der Waals surface area (Å²) in [6.07, 6.45) is -4.87. The first-order valence-corrected chi connectivity index (χ1v) is 8.49. The average Bonchev–Trinajstić information content (AvgIpc) is 2.43. The number of carbonyl (C=O) groups excluding carboxylic acids is 1. The van der Waals surface area contributed by atoms with Gasteiger partial charge in [-0.3, -0.25) is 4.79 Å². The summed E-state index contributed by atoms with van der Waals surface area (Å²) < 4.78 is 71.5. The van der Waals surface area contributed by atoms with Gasteiger partial charge in [-0.15, -0.1) is 13.2 Å². The molecule has 0 unspecified atom stereocenters. The lowest BCUT2D eigenvalue weighted by Crippen LogP contribution is -2.45. The molecule has 0 heterocycles. The number of carbonyl (C=O) groups is 1. The predicted octanol–water partition coefficient (Wildman–Crippen LogP) is 2.45. The number of alkyl halides is 3. The number of ether oxygens (including phenoxy) is 2. The molecule has 24 heavy (non-hydrogen) atoms. The second kappa shape index (κ2) is 7.84. The van der Waals surface area contributed by atoms with Gasteiger partial charge in [0.1, 0.15) is 11.8 Å². The molecular weight excluding hydrogens is 351 g/mol. The average molecular weight is 369 g/mol. The molecule has 0 spiro atoms. The van der Waals surface area contributed by atoms with E-state index in [-0.39, 0.29) is 17.4 Å². The molecule has 1 aromatic rings. The van der Waals surface area contributed by atoms with E-state index in [2.05, 4.69) is 9.46 Å². The number of halogens is 3. The second-order valence-corrected chi connectivity index (χ2v) is 6.83. The summed E-state index contributed by atoms with van der Waals surface area (Å²) >= 11 is 0. The summed E-state index contributed by atoms with van der Waals surface area (Å²) in [5.41, 5.74) is 0. The van der Waals surface area contributed by atoms with Crippen LogP contribution in [0.2, 0.25) is 0 Å². The highest BCUT2D eigenvalue weighted by atomic mass is 32.2. The van der Waals surface area contributed by atoms with E-state index < -0.39 is 34.1 Å². The van der Waals surface area contributed by atoms with Gasteiger partial charge >= 0.3 is 12.3 Å². The number of esters is 1. The summed E-state index contributed by atoms with van der Waals surface area (Å²) in [5.74, 6) is -1.66. The third-order valence-electron chi connectivity index (χ3n) is 2.86. The van der Waals surface area contributed by atoms with Gasteiger partial charge in [-0.05, 0) is 37.1 Å². The van der Waals surface area contributed by atoms with E-state index in [1.807, 2.05) is 0 Å². The smallest absolute Gasteiger partial charge is 0.465 e. The lowest BCUT2D eigenvalue weighted by atomic mass is 10.1. The summed E-state index contributed by atoms with van der Waals surface area (Å²) in [4.78, 5) is 11.5. The van der Waals surface area contributed by atoms with Crippen molar-refractivity contribution in [1.29, 1.82) is 0 Å². The minimum atomic E-state index is -4.87. The second-order valence-electron chi connectivity index (χ2n) is 5.11. The van der Waals surface area contributed by atoms with Crippen molar-refractivity contribution in [1.82, 2.24) is 4.72 Å². The third kappa shape index (κ3) is 6.00. The third-order valence-corrected chi connectivity index (χ3v) is 4.31. The number of hydrogen-bond donors (Lipinski definition) is 1. The van der Waals surface area contributed by atoms with E-state index in [4.69, 9.17) is 4.74 Å². The normalized spacial score (nSPS) is 13.6. The van der Waals surface area contributed by atoms with Crippen molar-refractivity contribution < 1.29 is 35.9 Å². The molecule has 0 aliphatic heterocycles. The van der Waals surface area contributed by atoms with Gasteiger partial charge in [0, 0.05) is 0 Å². The minimum Gasteiger partial charge on any atom is -0.465 e. The first-order chi connectivity index (χ1) is 11.0. The van der Waals surface area contributed by atoms with Gasteiger partial charge in [0.05, 0.1) is 11.5 Å². The largest absolute Gasteiger partial charge is 0.573 e. The molecule has 0 bridgehead atoms. The first kappa shape index (κ1) is 20.2. The Morgan fingerprint density at radius 1 is 1.21 bits per heavy atom. The Morgan fingerprint density at radius 3 is 2.17 bits per heavy atom. The summed E-state index contributed by atoms with van der Waals surface area (Å²) in [5, 5.41) is 0. The fraction of sp³-hybridized carbons (Fsp3) is 0.500. The Balaban J connectivity index is 2.96. The quantitative estimate of drug-likeness (QED) is 0.747. The van der Waals surface area contributed by atoms with Crippen LogP contribution in [-0.4, -0.2) is 33.4 Å². The Kier molecular flexibility index (Phi) is 6.61. The van der Waals surface area contributed by atoms with Gasteiger partial charge in [-0.25, -0.2) is 8.42 Å². The molecule has 1 atom stereocenters. The van der Waals surface area contributed by atoms with Gasteiger partial charge in [-0.1, -0.05) is 13.8 Å². The van der Waals surface area contributed by atoms with Crippen LogP contribution >= 0.6 is 0 Å².